The van der Waals surface area contributed by atoms with Crippen LogP contribution in [0.1, 0.15) is 13.8 Å². The molecule has 0 unspecified atom stereocenters. The molecular formula is C13H26BrN3O3. The minimum Gasteiger partial charge on any atom is -0.478 e. The number of hydrogen-bond acceptors (Lipinski definition) is 5. The van der Waals surface area contributed by atoms with Gasteiger partial charge in [0.15, 0.2) is 5.60 Å². The monoisotopic (exact) mass is 351 g/mol. The van der Waals surface area contributed by atoms with Crippen LogP contribution in [0.25, 0.3) is 0 Å². The van der Waals surface area contributed by atoms with Crippen LogP contribution in [0.3, 0.4) is 0 Å². The number of carbonyl (C=O) groups is 1. The van der Waals surface area contributed by atoms with E-state index in [4.69, 9.17) is 9.84 Å². The molecule has 1 aromatic carbocycles. The number of carboxylic acids is 1. The summed E-state index contributed by atoms with van der Waals surface area (Å²) in [5.74, 6) is -0.454. The lowest BCUT2D eigenvalue weighted by molar-refractivity contribution is -0.152. The average Bonchev–Trinajstić information content (AvgIpc) is 2.45. The van der Waals surface area contributed by atoms with Gasteiger partial charge in [-0.3, -0.25) is 0 Å². The molecule has 7 heteroatoms. The van der Waals surface area contributed by atoms with Gasteiger partial charge in [-0.2, -0.15) is 0 Å². The van der Waals surface area contributed by atoms with Crippen molar-refractivity contribution in [1.82, 2.24) is 0 Å². The number of ether oxygens (including phenoxy) is 1. The number of carboxylic acid groups (broad SMARTS) is 1. The van der Waals surface area contributed by atoms with Crippen molar-refractivity contribution in [3.63, 3.8) is 0 Å². The summed E-state index contributed by atoms with van der Waals surface area (Å²) >= 11 is 3.28. The van der Waals surface area contributed by atoms with Crippen LogP contribution < -0.4 is 21.9 Å². The molecule has 0 amide bonds. The zero-order valence-electron chi connectivity index (χ0n) is 12.7. The molecule has 0 saturated carbocycles. The van der Waals surface area contributed by atoms with Crippen LogP contribution in [0.5, 0.6) is 5.75 Å². The van der Waals surface area contributed by atoms with Crippen molar-refractivity contribution in [2.24, 2.45) is 17.2 Å². The molecule has 7 N–H and O–H groups in total. The minimum absolute atomic E-state index is 0.534. The van der Waals surface area contributed by atoms with Gasteiger partial charge in [0.05, 0.1) is 0 Å². The Morgan fingerprint density at radius 2 is 1.60 bits per heavy atom. The van der Waals surface area contributed by atoms with Crippen LogP contribution in [0.2, 0.25) is 0 Å². The largest absolute Gasteiger partial charge is 0.478 e. The van der Waals surface area contributed by atoms with Gasteiger partial charge in [0.1, 0.15) is 5.75 Å². The van der Waals surface area contributed by atoms with Crippen LogP contribution in [-0.4, -0.2) is 37.8 Å². The van der Waals surface area contributed by atoms with Gasteiger partial charge in [-0.05, 0) is 53.2 Å². The van der Waals surface area contributed by atoms with Gasteiger partial charge in [-0.1, -0.05) is 22.0 Å². The zero-order chi connectivity index (χ0) is 16.8. The molecule has 20 heavy (non-hydrogen) atoms. The summed E-state index contributed by atoms with van der Waals surface area (Å²) in [6.45, 7) is 3.02. The summed E-state index contributed by atoms with van der Waals surface area (Å²) in [4.78, 5) is 10.8. The summed E-state index contributed by atoms with van der Waals surface area (Å²) in [5, 5.41) is 8.84. The Balaban J connectivity index is -0.000000425. The number of aliphatic carboxylic acids is 1. The average molecular weight is 352 g/mol. The standard InChI is InChI=1S/C10H11BrO3.3CH5N/c1-10(2,9(12)13)14-8-5-3-4-7(11)6-8;3*1-2/h3-6H,1-2H3,(H,12,13);3*2H2,1H3. The molecule has 0 aliphatic rings. The lowest BCUT2D eigenvalue weighted by Crippen LogP contribution is -2.37. The van der Waals surface area contributed by atoms with Crippen LogP contribution >= 0.6 is 15.9 Å². The van der Waals surface area contributed by atoms with Gasteiger partial charge in [0.2, 0.25) is 0 Å². The molecule has 0 fully saturated rings. The van der Waals surface area contributed by atoms with Gasteiger partial charge >= 0.3 is 5.97 Å². The van der Waals surface area contributed by atoms with E-state index in [9.17, 15) is 4.79 Å². The number of halogens is 1. The maximum absolute atomic E-state index is 10.8. The number of nitrogens with two attached hydrogens (primary N) is 3. The molecule has 0 aromatic heterocycles. The van der Waals surface area contributed by atoms with Crippen LogP contribution in [0.4, 0.5) is 0 Å². The zero-order valence-corrected chi connectivity index (χ0v) is 14.3. The van der Waals surface area contributed by atoms with E-state index in [-0.39, 0.29) is 0 Å². The van der Waals surface area contributed by atoms with Crippen molar-refractivity contribution in [2.75, 3.05) is 21.1 Å². The molecule has 0 atom stereocenters. The maximum atomic E-state index is 10.8. The third kappa shape index (κ3) is 10.7. The van der Waals surface area contributed by atoms with E-state index in [0.717, 1.165) is 4.47 Å². The summed E-state index contributed by atoms with van der Waals surface area (Å²) in [5.41, 5.74) is 12.3. The predicted molar refractivity (Wildman–Crippen MR) is 86.8 cm³/mol. The molecule has 0 aliphatic heterocycles. The Bertz CT molecular complexity index is 360. The molecule has 0 saturated heterocycles. The molecule has 1 aromatic rings. The minimum atomic E-state index is -1.21. The van der Waals surface area contributed by atoms with Crippen LogP contribution in [0, 0.1) is 0 Å². The first-order valence-corrected chi connectivity index (χ1v) is 6.62. The quantitative estimate of drug-likeness (QED) is 0.652. The maximum Gasteiger partial charge on any atom is 0.347 e. The van der Waals surface area contributed by atoms with E-state index >= 15 is 0 Å². The van der Waals surface area contributed by atoms with E-state index in [2.05, 4.69) is 33.1 Å². The lowest BCUT2D eigenvalue weighted by atomic mass is 10.1. The van der Waals surface area contributed by atoms with Crippen molar-refractivity contribution in [1.29, 1.82) is 0 Å². The predicted octanol–water partition coefficient (Wildman–Crippen LogP) is 1.42. The highest BCUT2D eigenvalue weighted by Gasteiger charge is 2.29. The second-order valence-electron chi connectivity index (χ2n) is 3.37. The van der Waals surface area contributed by atoms with E-state index in [1.807, 2.05) is 6.07 Å². The van der Waals surface area contributed by atoms with Crippen molar-refractivity contribution >= 4 is 21.9 Å². The van der Waals surface area contributed by atoms with Gasteiger partial charge in [0.25, 0.3) is 0 Å². The molecule has 0 spiro atoms. The van der Waals surface area contributed by atoms with Gasteiger partial charge in [-0.25, -0.2) is 4.79 Å². The fraction of sp³-hybridized carbons (Fsp3) is 0.462. The lowest BCUT2D eigenvalue weighted by Gasteiger charge is -2.21. The Morgan fingerprint density at radius 1 is 1.15 bits per heavy atom. The highest BCUT2D eigenvalue weighted by Crippen LogP contribution is 2.22. The van der Waals surface area contributed by atoms with Gasteiger partial charge < -0.3 is 27.0 Å². The van der Waals surface area contributed by atoms with Crippen molar-refractivity contribution < 1.29 is 14.6 Å². The molecule has 6 nitrogen and oxygen atoms in total. The van der Waals surface area contributed by atoms with Gasteiger partial charge in [-0.15, -0.1) is 0 Å². The first-order chi connectivity index (χ1) is 9.42. The molecule has 1 rings (SSSR count). The smallest absolute Gasteiger partial charge is 0.347 e. The van der Waals surface area contributed by atoms with Crippen molar-refractivity contribution in [3.8, 4) is 5.75 Å². The summed E-state index contributed by atoms with van der Waals surface area (Å²) in [6.07, 6.45) is 0. The van der Waals surface area contributed by atoms with Crippen molar-refractivity contribution in [2.45, 2.75) is 19.4 Å². The highest BCUT2D eigenvalue weighted by atomic mass is 79.9. The fourth-order valence-corrected chi connectivity index (χ4v) is 1.25. The fourth-order valence-electron chi connectivity index (χ4n) is 0.869. The molecule has 0 bridgehead atoms. The Labute approximate surface area is 129 Å². The third-order valence-corrected chi connectivity index (χ3v) is 2.18. The third-order valence-electron chi connectivity index (χ3n) is 1.68. The summed E-state index contributed by atoms with van der Waals surface area (Å²) in [6, 6.07) is 7.08. The van der Waals surface area contributed by atoms with Gasteiger partial charge in [0, 0.05) is 4.47 Å². The summed E-state index contributed by atoms with van der Waals surface area (Å²) < 4.78 is 6.17. The molecular weight excluding hydrogens is 326 g/mol. The number of rotatable bonds is 3. The number of benzene rings is 1. The van der Waals surface area contributed by atoms with E-state index in [1.165, 1.54) is 35.0 Å². The Kier molecular flexibility index (Phi) is 17.0. The van der Waals surface area contributed by atoms with E-state index in [1.54, 1.807) is 18.2 Å². The van der Waals surface area contributed by atoms with Crippen molar-refractivity contribution in [3.05, 3.63) is 28.7 Å². The summed E-state index contributed by atoms with van der Waals surface area (Å²) in [7, 11) is 4.50. The second-order valence-corrected chi connectivity index (χ2v) is 4.29. The second kappa shape index (κ2) is 14.3. The SMILES string of the molecule is CC(C)(Oc1cccc(Br)c1)C(=O)O.CN.CN.CN. The topological polar surface area (TPSA) is 125 Å². The van der Waals surface area contributed by atoms with Crippen LogP contribution in [0.15, 0.2) is 28.7 Å². The van der Waals surface area contributed by atoms with E-state index in [0.29, 0.717) is 5.75 Å². The Morgan fingerprint density at radius 3 is 1.95 bits per heavy atom. The first kappa shape index (κ1) is 23.9. The molecule has 118 valence electrons. The van der Waals surface area contributed by atoms with E-state index < -0.39 is 11.6 Å². The Hall–Kier alpha value is -1.15. The molecule has 0 heterocycles. The molecule has 0 radical (unpaired) electrons. The normalized spacial score (nSPS) is 8.65. The number of hydrogen-bond donors (Lipinski definition) is 4. The molecule has 0 aliphatic carbocycles. The highest BCUT2D eigenvalue weighted by molar-refractivity contribution is 9.10. The first-order valence-electron chi connectivity index (χ1n) is 5.83. The van der Waals surface area contributed by atoms with Crippen LogP contribution in [-0.2, 0) is 4.79 Å².